The Kier molecular flexibility index (Phi) is 7.28. The number of benzene rings is 1. The second-order valence-corrected chi connectivity index (χ2v) is 2.93. The SMILES string of the molecule is CC.CC(NC=O)C(O)c1ccccc1. The second kappa shape index (κ2) is 8.00. The summed E-state index contributed by atoms with van der Waals surface area (Å²) in [6.45, 7) is 5.76. The van der Waals surface area contributed by atoms with Crippen molar-refractivity contribution in [3.8, 4) is 0 Å². The van der Waals surface area contributed by atoms with Gasteiger partial charge in [-0.15, -0.1) is 0 Å². The molecule has 3 nitrogen and oxygen atoms in total. The number of nitrogens with one attached hydrogen (secondary N) is 1. The Hall–Kier alpha value is -1.35. The lowest BCUT2D eigenvalue weighted by atomic mass is 10.0. The molecule has 0 radical (unpaired) electrons. The van der Waals surface area contributed by atoms with Gasteiger partial charge in [-0.25, -0.2) is 0 Å². The number of amides is 1. The average molecular weight is 209 g/mol. The van der Waals surface area contributed by atoms with Crippen molar-refractivity contribution in [3.05, 3.63) is 35.9 Å². The minimum absolute atomic E-state index is 0.264. The minimum Gasteiger partial charge on any atom is -0.386 e. The van der Waals surface area contributed by atoms with Gasteiger partial charge in [0.25, 0.3) is 0 Å². The van der Waals surface area contributed by atoms with Crippen LogP contribution in [0.15, 0.2) is 30.3 Å². The van der Waals surface area contributed by atoms with Crippen LogP contribution in [0.25, 0.3) is 0 Å². The minimum atomic E-state index is -0.647. The van der Waals surface area contributed by atoms with Gasteiger partial charge in [0.2, 0.25) is 6.41 Å². The van der Waals surface area contributed by atoms with Gasteiger partial charge in [0.1, 0.15) is 0 Å². The van der Waals surface area contributed by atoms with Crippen molar-refractivity contribution < 1.29 is 9.90 Å². The van der Waals surface area contributed by atoms with Gasteiger partial charge in [-0.1, -0.05) is 44.2 Å². The Morgan fingerprint density at radius 1 is 1.27 bits per heavy atom. The lowest BCUT2D eigenvalue weighted by Gasteiger charge is -2.17. The molecule has 1 rings (SSSR count). The van der Waals surface area contributed by atoms with Crippen molar-refractivity contribution in [1.82, 2.24) is 5.32 Å². The van der Waals surface area contributed by atoms with E-state index < -0.39 is 6.10 Å². The lowest BCUT2D eigenvalue weighted by molar-refractivity contribution is -0.110. The van der Waals surface area contributed by atoms with E-state index >= 15 is 0 Å². The molecule has 0 aromatic heterocycles. The first kappa shape index (κ1) is 13.7. The number of carbonyl (C=O) groups is 1. The van der Waals surface area contributed by atoms with E-state index in [9.17, 15) is 9.90 Å². The molecule has 1 aromatic rings. The monoisotopic (exact) mass is 209 g/mol. The van der Waals surface area contributed by atoms with Gasteiger partial charge in [0, 0.05) is 0 Å². The van der Waals surface area contributed by atoms with Gasteiger partial charge in [0.05, 0.1) is 12.1 Å². The maximum absolute atomic E-state index is 10.1. The third kappa shape index (κ3) is 4.61. The van der Waals surface area contributed by atoms with Crippen LogP contribution in [-0.2, 0) is 4.79 Å². The van der Waals surface area contributed by atoms with Crippen LogP contribution in [0.1, 0.15) is 32.4 Å². The Balaban J connectivity index is 0.000000921. The smallest absolute Gasteiger partial charge is 0.207 e. The highest BCUT2D eigenvalue weighted by Gasteiger charge is 2.14. The summed E-state index contributed by atoms with van der Waals surface area (Å²) in [7, 11) is 0. The van der Waals surface area contributed by atoms with Crippen LogP contribution in [0, 0.1) is 0 Å². The van der Waals surface area contributed by atoms with Crippen molar-refractivity contribution >= 4 is 6.41 Å². The summed E-state index contributed by atoms with van der Waals surface area (Å²) >= 11 is 0. The predicted octanol–water partition coefficient (Wildman–Crippen LogP) is 1.88. The number of hydrogen-bond donors (Lipinski definition) is 2. The molecule has 1 amide bonds. The van der Waals surface area contributed by atoms with E-state index in [2.05, 4.69) is 5.32 Å². The number of rotatable bonds is 4. The van der Waals surface area contributed by atoms with Crippen LogP contribution in [0.2, 0.25) is 0 Å². The van der Waals surface area contributed by atoms with E-state index in [1.807, 2.05) is 44.2 Å². The Morgan fingerprint density at radius 2 is 1.80 bits per heavy atom. The van der Waals surface area contributed by atoms with E-state index in [1.54, 1.807) is 6.92 Å². The molecule has 0 saturated heterocycles. The molecule has 0 saturated carbocycles. The molecule has 0 heterocycles. The standard InChI is InChI=1S/C10H13NO2.C2H6/c1-8(11-7-12)10(13)9-5-3-2-4-6-9;1-2/h2-8,10,13H,1H3,(H,11,12);1-2H3. The van der Waals surface area contributed by atoms with Crippen molar-refractivity contribution in [2.45, 2.75) is 32.9 Å². The van der Waals surface area contributed by atoms with Gasteiger partial charge in [-0.3, -0.25) is 4.79 Å². The van der Waals surface area contributed by atoms with Gasteiger partial charge in [0.15, 0.2) is 0 Å². The molecule has 3 heteroatoms. The Labute approximate surface area is 91.1 Å². The van der Waals surface area contributed by atoms with E-state index in [0.29, 0.717) is 6.41 Å². The molecule has 0 aliphatic carbocycles. The van der Waals surface area contributed by atoms with E-state index in [0.717, 1.165) is 5.56 Å². The molecular formula is C12H19NO2. The highest BCUT2D eigenvalue weighted by Crippen LogP contribution is 2.15. The predicted molar refractivity (Wildman–Crippen MR) is 61.4 cm³/mol. The first-order chi connectivity index (χ1) is 7.25. The van der Waals surface area contributed by atoms with Gasteiger partial charge in [-0.2, -0.15) is 0 Å². The van der Waals surface area contributed by atoms with Crippen LogP contribution in [0.4, 0.5) is 0 Å². The molecule has 2 unspecified atom stereocenters. The van der Waals surface area contributed by atoms with Crippen LogP contribution in [0.5, 0.6) is 0 Å². The number of aliphatic hydroxyl groups is 1. The molecule has 0 bridgehead atoms. The molecule has 1 aromatic carbocycles. The molecule has 0 aliphatic rings. The van der Waals surface area contributed by atoms with Crippen LogP contribution in [0.3, 0.4) is 0 Å². The summed E-state index contributed by atoms with van der Waals surface area (Å²) in [5.41, 5.74) is 0.810. The first-order valence-electron chi connectivity index (χ1n) is 5.18. The molecule has 15 heavy (non-hydrogen) atoms. The fourth-order valence-corrected chi connectivity index (χ4v) is 1.14. The van der Waals surface area contributed by atoms with E-state index in [-0.39, 0.29) is 6.04 Å². The van der Waals surface area contributed by atoms with Crippen LogP contribution >= 0.6 is 0 Å². The first-order valence-corrected chi connectivity index (χ1v) is 5.18. The fourth-order valence-electron chi connectivity index (χ4n) is 1.14. The molecule has 0 fully saturated rings. The maximum Gasteiger partial charge on any atom is 0.207 e. The molecule has 0 spiro atoms. The normalized spacial score (nSPS) is 13.1. The summed E-state index contributed by atoms with van der Waals surface area (Å²) in [6.07, 6.45) is -0.0528. The molecule has 0 aliphatic heterocycles. The average Bonchev–Trinajstić information content (AvgIpc) is 2.32. The Morgan fingerprint density at radius 3 is 2.27 bits per heavy atom. The third-order valence-electron chi connectivity index (χ3n) is 1.95. The lowest BCUT2D eigenvalue weighted by Crippen LogP contribution is -2.30. The van der Waals surface area contributed by atoms with Crippen molar-refractivity contribution in [1.29, 1.82) is 0 Å². The second-order valence-electron chi connectivity index (χ2n) is 2.93. The van der Waals surface area contributed by atoms with Crippen molar-refractivity contribution in [3.63, 3.8) is 0 Å². The van der Waals surface area contributed by atoms with Gasteiger partial charge >= 0.3 is 0 Å². The van der Waals surface area contributed by atoms with Gasteiger partial charge in [-0.05, 0) is 12.5 Å². The number of hydrogen-bond acceptors (Lipinski definition) is 2. The summed E-state index contributed by atoms with van der Waals surface area (Å²) in [5.74, 6) is 0. The van der Waals surface area contributed by atoms with Crippen LogP contribution in [-0.4, -0.2) is 17.6 Å². The zero-order valence-electron chi connectivity index (χ0n) is 9.47. The quantitative estimate of drug-likeness (QED) is 0.744. The number of aliphatic hydroxyl groups excluding tert-OH is 1. The molecular weight excluding hydrogens is 190 g/mol. The van der Waals surface area contributed by atoms with Crippen molar-refractivity contribution in [2.75, 3.05) is 0 Å². The van der Waals surface area contributed by atoms with Gasteiger partial charge < -0.3 is 10.4 Å². The van der Waals surface area contributed by atoms with Crippen LogP contribution < -0.4 is 5.32 Å². The molecule has 84 valence electrons. The third-order valence-corrected chi connectivity index (χ3v) is 1.95. The van der Waals surface area contributed by atoms with E-state index in [1.165, 1.54) is 0 Å². The summed E-state index contributed by atoms with van der Waals surface area (Å²) in [4.78, 5) is 10.1. The van der Waals surface area contributed by atoms with Crippen molar-refractivity contribution in [2.24, 2.45) is 0 Å². The van der Waals surface area contributed by atoms with E-state index in [4.69, 9.17) is 0 Å². The zero-order chi connectivity index (χ0) is 11.7. The summed E-state index contributed by atoms with van der Waals surface area (Å²) in [5, 5.41) is 12.2. The summed E-state index contributed by atoms with van der Waals surface area (Å²) < 4.78 is 0. The number of carbonyl (C=O) groups excluding carboxylic acids is 1. The maximum atomic E-state index is 10.1. The Bertz CT molecular complexity index is 262. The highest BCUT2D eigenvalue weighted by atomic mass is 16.3. The largest absolute Gasteiger partial charge is 0.386 e. The molecule has 2 N–H and O–H groups in total. The molecule has 2 atom stereocenters. The zero-order valence-corrected chi connectivity index (χ0v) is 9.47. The summed E-state index contributed by atoms with van der Waals surface area (Å²) in [6, 6.07) is 8.98. The highest BCUT2D eigenvalue weighted by molar-refractivity contribution is 5.46. The topological polar surface area (TPSA) is 49.3 Å². The fraction of sp³-hybridized carbons (Fsp3) is 0.417.